The number of hydrogen-bond acceptors (Lipinski definition) is 6. The molecule has 1 saturated heterocycles. The van der Waals surface area contributed by atoms with E-state index in [0.29, 0.717) is 53.5 Å². The number of hydroxylamine groups is 2. The summed E-state index contributed by atoms with van der Waals surface area (Å²) in [6.07, 6.45) is 2.67. The van der Waals surface area contributed by atoms with Crippen LogP contribution in [0.3, 0.4) is 0 Å². The Labute approximate surface area is 195 Å². The molecule has 3 heterocycles. The maximum atomic E-state index is 14.3. The van der Waals surface area contributed by atoms with Crippen molar-refractivity contribution in [3.8, 4) is 0 Å². The van der Waals surface area contributed by atoms with Crippen LogP contribution in [0.5, 0.6) is 0 Å². The average Bonchev–Trinajstić information content (AvgIpc) is 3.46. The van der Waals surface area contributed by atoms with Crippen LogP contribution in [0.15, 0.2) is 30.5 Å². The molecule has 174 valence electrons. The van der Waals surface area contributed by atoms with Crippen LogP contribution < -0.4 is 10.6 Å². The van der Waals surface area contributed by atoms with Crippen LogP contribution in [-0.4, -0.2) is 48.6 Å². The molecule has 3 aromatic rings. The zero-order chi connectivity index (χ0) is 23.5. The molecule has 2 N–H and O–H groups in total. The summed E-state index contributed by atoms with van der Waals surface area (Å²) in [5.41, 5.74) is 1.76. The predicted molar refractivity (Wildman–Crippen MR) is 127 cm³/mol. The number of fused-ring (bicyclic) bond motifs is 1. The molecular weight excluding hydrogens is 443 g/mol. The highest BCUT2D eigenvalue weighted by Gasteiger charge is 2.32. The van der Waals surface area contributed by atoms with Crippen molar-refractivity contribution in [1.82, 2.24) is 15.4 Å². The van der Waals surface area contributed by atoms with Crippen LogP contribution in [0.1, 0.15) is 51.4 Å². The molecule has 1 fully saturated rings. The van der Waals surface area contributed by atoms with Gasteiger partial charge in [0.05, 0.1) is 24.3 Å². The lowest BCUT2D eigenvalue weighted by Gasteiger charge is -2.16. The van der Waals surface area contributed by atoms with Gasteiger partial charge < -0.3 is 10.6 Å². The predicted octanol–water partition coefficient (Wildman–Crippen LogP) is 4.23. The number of benzene rings is 1. The lowest BCUT2D eigenvalue weighted by atomic mass is 10.0. The van der Waals surface area contributed by atoms with Gasteiger partial charge in [-0.25, -0.2) is 9.45 Å². The summed E-state index contributed by atoms with van der Waals surface area (Å²) in [7, 11) is 1.55. The normalized spacial score (nSPS) is 13.7. The molecule has 0 spiro atoms. The van der Waals surface area contributed by atoms with Crippen LogP contribution in [0.2, 0.25) is 0 Å². The van der Waals surface area contributed by atoms with Gasteiger partial charge in [-0.05, 0) is 30.0 Å². The molecule has 0 aliphatic carbocycles. The third-order valence-corrected chi connectivity index (χ3v) is 6.61. The topological polar surface area (TPSA) is 83.6 Å². The van der Waals surface area contributed by atoms with Crippen LogP contribution >= 0.6 is 11.3 Å². The number of para-hydroxylation sites is 1. The molecule has 1 aliphatic rings. The summed E-state index contributed by atoms with van der Waals surface area (Å²) in [6, 6.07) is 6.66. The van der Waals surface area contributed by atoms with Crippen molar-refractivity contribution in [2.24, 2.45) is 5.92 Å². The number of amides is 2. The fraction of sp³-hybridized carbons (Fsp3) is 0.375. The average molecular weight is 471 g/mol. The van der Waals surface area contributed by atoms with Gasteiger partial charge in [-0.1, -0.05) is 26.0 Å². The summed E-state index contributed by atoms with van der Waals surface area (Å²) in [5, 5.41) is 8.66. The van der Waals surface area contributed by atoms with Crippen molar-refractivity contribution in [2.75, 3.05) is 32.1 Å². The van der Waals surface area contributed by atoms with Crippen LogP contribution in [0, 0.1) is 11.7 Å². The Morgan fingerprint density at radius 3 is 2.79 bits per heavy atom. The van der Waals surface area contributed by atoms with Gasteiger partial charge in [-0.2, -0.15) is 0 Å². The summed E-state index contributed by atoms with van der Waals surface area (Å²) in [5.74, 6) is -0.717. The maximum absolute atomic E-state index is 14.3. The van der Waals surface area contributed by atoms with Crippen molar-refractivity contribution in [3.63, 3.8) is 0 Å². The monoisotopic (exact) mass is 470 g/mol. The van der Waals surface area contributed by atoms with E-state index in [1.165, 1.54) is 22.5 Å². The third-order valence-electron chi connectivity index (χ3n) is 5.46. The van der Waals surface area contributed by atoms with Crippen molar-refractivity contribution in [2.45, 2.75) is 26.7 Å². The standard InChI is InChI=1S/C24H27FN4O3S/c1-14(2)13-28-23-20(22(30)26-3)19(24(31)29-10-5-11-32-29)18(33-23)12-15-8-9-27-21-16(15)6-4-7-17(21)25/h4,6-9,14,28H,5,10-13H2,1-3H3,(H,26,30). The third kappa shape index (κ3) is 4.69. The number of hydrogen-bond donors (Lipinski definition) is 2. The van der Waals surface area contributed by atoms with E-state index in [2.05, 4.69) is 29.5 Å². The minimum absolute atomic E-state index is 0.284. The van der Waals surface area contributed by atoms with E-state index < -0.39 is 5.82 Å². The van der Waals surface area contributed by atoms with Gasteiger partial charge in [0.2, 0.25) is 0 Å². The Balaban J connectivity index is 1.85. The second-order valence-corrected chi connectivity index (χ2v) is 9.44. The first kappa shape index (κ1) is 23.1. The van der Waals surface area contributed by atoms with Crippen molar-refractivity contribution < 1.29 is 18.8 Å². The second-order valence-electron chi connectivity index (χ2n) is 8.34. The molecule has 2 amide bonds. The van der Waals surface area contributed by atoms with Gasteiger partial charge in [-0.15, -0.1) is 11.3 Å². The number of thiophene rings is 1. The highest BCUT2D eigenvalue weighted by Crippen LogP contribution is 2.37. The van der Waals surface area contributed by atoms with Crippen molar-refractivity contribution >= 4 is 39.1 Å². The van der Waals surface area contributed by atoms with E-state index in [1.54, 1.807) is 19.3 Å². The first-order valence-corrected chi connectivity index (χ1v) is 11.8. The number of halogens is 1. The van der Waals surface area contributed by atoms with E-state index in [1.807, 2.05) is 12.1 Å². The quantitative estimate of drug-likeness (QED) is 0.540. The number of rotatable bonds is 7. The number of carbonyl (C=O) groups excluding carboxylic acids is 2. The molecule has 33 heavy (non-hydrogen) atoms. The Morgan fingerprint density at radius 2 is 2.09 bits per heavy atom. The zero-order valence-corrected chi connectivity index (χ0v) is 19.7. The zero-order valence-electron chi connectivity index (χ0n) is 18.9. The van der Waals surface area contributed by atoms with Crippen LogP contribution in [0.4, 0.5) is 9.39 Å². The molecule has 4 rings (SSSR count). The maximum Gasteiger partial charge on any atom is 0.279 e. The van der Waals surface area contributed by atoms with Gasteiger partial charge in [0.1, 0.15) is 16.3 Å². The number of aromatic nitrogens is 1. The fourth-order valence-electron chi connectivity index (χ4n) is 3.85. The Hall–Kier alpha value is -3.04. The smallest absolute Gasteiger partial charge is 0.279 e. The molecule has 0 atom stereocenters. The highest BCUT2D eigenvalue weighted by molar-refractivity contribution is 7.17. The molecule has 2 aromatic heterocycles. The lowest BCUT2D eigenvalue weighted by molar-refractivity contribution is -0.0768. The summed E-state index contributed by atoms with van der Waals surface area (Å²) >= 11 is 1.38. The summed E-state index contributed by atoms with van der Waals surface area (Å²) in [4.78, 5) is 36.8. The molecule has 1 aromatic carbocycles. The van der Waals surface area contributed by atoms with E-state index in [0.717, 1.165) is 16.9 Å². The Kier molecular flexibility index (Phi) is 6.90. The molecular formula is C24H27FN4O3S. The van der Waals surface area contributed by atoms with Crippen LogP contribution in [-0.2, 0) is 11.3 Å². The first-order chi connectivity index (χ1) is 15.9. The molecule has 1 aliphatic heterocycles. The minimum atomic E-state index is -0.396. The summed E-state index contributed by atoms with van der Waals surface area (Å²) in [6.45, 7) is 5.74. The number of anilines is 1. The molecule has 0 radical (unpaired) electrons. The second kappa shape index (κ2) is 9.84. The number of carbonyl (C=O) groups is 2. The first-order valence-electron chi connectivity index (χ1n) is 11.0. The largest absolute Gasteiger partial charge is 0.376 e. The fourth-order valence-corrected chi connectivity index (χ4v) is 5.07. The van der Waals surface area contributed by atoms with Crippen LogP contribution in [0.25, 0.3) is 10.9 Å². The number of nitrogens with one attached hydrogen (secondary N) is 2. The van der Waals surface area contributed by atoms with E-state index >= 15 is 0 Å². The van der Waals surface area contributed by atoms with Gasteiger partial charge >= 0.3 is 0 Å². The molecule has 0 unspecified atom stereocenters. The van der Waals surface area contributed by atoms with Crippen molar-refractivity contribution in [1.29, 1.82) is 0 Å². The summed E-state index contributed by atoms with van der Waals surface area (Å²) < 4.78 is 14.3. The highest BCUT2D eigenvalue weighted by atomic mass is 32.1. The Morgan fingerprint density at radius 1 is 1.27 bits per heavy atom. The van der Waals surface area contributed by atoms with E-state index in [9.17, 15) is 14.0 Å². The number of nitrogens with zero attached hydrogens (tertiary/aromatic N) is 2. The number of pyridine rings is 1. The lowest BCUT2D eigenvalue weighted by Crippen LogP contribution is -2.30. The Bertz CT molecular complexity index is 1190. The van der Waals surface area contributed by atoms with E-state index in [-0.39, 0.29) is 17.3 Å². The van der Waals surface area contributed by atoms with Gasteiger partial charge in [0, 0.05) is 36.5 Å². The van der Waals surface area contributed by atoms with E-state index in [4.69, 9.17) is 4.84 Å². The minimum Gasteiger partial charge on any atom is -0.376 e. The SMILES string of the molecule is CNC(=O)c1c(NCC(C)C)sc(Cc2ccnc3c(F)cccc23)c1C(=O)N1CCCO1. The molecule has 0 bridgehead atoms. The van der Waals surface area contributed by atoms with Gasteiger partial charge in [0.15, 0.2) is 0 Å². The molecule has 9 heteroatoms. The van der Waals surface area contributed by atoms with Crippen molar-refractivity contribution in [3.05, 3.63) is 57.8 Å². The molecule has 7 nitrogen and oxygen atoms in total. The van der Waals surface area contributed by atoms with Gasteiger partial charge in [-0.3, -0.25) is 19.4 Å². The van der Waals surface area contributed by atoms with Gasteiger partial charge in [0.25, 0.3) is 11.8 Å². The molecule has 0 saturated carbocycles.